The standard InChI is InChI=1S/C23H43N3O2/c1-4-5-6-7-8-9-10-11-12-13-14-15-16-26-22(27)21-19-24(20(2)3)17-18-25(21)23(26)28/h20-21H,4-19H2,1-3H3. The maximum absolute atomic E-state index is 12.7. The van der Waals surface area contributed by atoms with E-state index in [1.807, 2.05) is 0 Å². The molecule has 0 aromatic rings. The van der Waals surface area contributed by atoms with Crippen molar-refractivity contribution in [2.45, 2.75) is 110 Å². The van der Waals surface area contributed by atoms with Crippen LogP contribution in [0.15, 0.2) is 0 Å². The van der Waals surface area contributed by atoms with E-state index in [0.717, 1.165) is 19.4 Å². The van der Waals surface area contributed by atoms with Crippen LogP contribution in [0.4, 0.5) is 4.79 Å². The Morgan fingerprint density at radius 1 is 0.821 bits per heavy atom. The Morgan fingerprint density at radius 3 is 1.89 bits per heavy atom. The van der Waals surface area contributed by atoms with Crippen LogP contribution in [-0.4, -0.2) is 64.9 Å². The molecule has 2 saturated heterocycles. The SMILES string of the molecule is CCCCCCCCCCCCCCN1C(=O)C2CN(C(C)C)CCN2C1=O. The molecule has 0 aliphatic carbocycles. The van der Waals surface area contributed by atoms with Crippen LogP contribution in [0.3, 0.4) is 0 Å². The molecule has 2 aliphatic heterocycles. The number of hydrogen-bond acceptors (Lipinski definition) is 3. The molecule has 1 atom stereocenters. The van der Waals surface area contributed by atoms with E-state index < -0.39 is 0 Å². The number of amides is 3. The van der Waals surface area contributed by atoms with Gasteiger partial charge in [-0.25, -0.2) is 4.79 Å². The summed E-state index contributed by atoms with van der Waals surface area (Å²) in [7, 11) is 0. The van der Waals surface area contributed by atoms with Gasteiger partial charge in [0.05, 0.1) is 0 Å². The van der Waals surface area contributed by atoms with Crippen LogP contribution in [0.1, 0.15) is 97.8 Å². The van der Waals surface area contributed by atoms with Gasteiger partial charge >= 0.3 is 6.03 Å². The number of piperazine rings is 1. The highest BCUT2D eigenvalue weighted by Crippen LogP contribution is 2.23. The smallest absolute Gasteiger partial charge is 0.310 e. The number of imide groups is 1. The van der Waals surface area contributed by atoms with Crippen LogP contribution in [0.5, 0.6) is 0 Å². The third kappa shape index (κ3) is 6.75. The lowest BCUT2D eigenvalue weighted by Gasteiger charge is -2.37. The summed E-state index contributed by atoms with van der Waals surface area (Å²) in [6.07, 6.45) is 15.6. The molecular formula is C23H43N3O2. The lowest BCUT2D eigenvalue weighted by Crippen LogP contribution is -2.54. The molecule has 0 radical (unpaired) electrons. The van der Waals surface area contributed by atoms with Gasteiger partial charge in [0.15, 0.2) is 0 Å². The lowest BCUT2D eigenvalue weighted by atomic mass is 10.1. The van der Waals surface area contributed by atoms with Gasteiger partial charge in [-0.3, -0.25) is 14.6 Å². The summed E-state index contributed by atoms with van der Waals surface area (Å²) < 4.78 is 0. The molecule has 3 amide bonds. The zero-order chi connectivity index (χ0) is 20.4. The molecule has 5 heteroatoms. The molecule has 2 heterocycles. The van der Waals surface area contributed by atoms with Crippen LogP contribution in [0, 0.1) is 0 Å². The minimum absolute atomic E-state index is 0.0263. The van der Waals surface area contributed by atoms with Crippen molar-refractivity contribution in [3.8, 4) is 0 Å². The summed E-state index contributed by atoms with van der Waals surface area (Å²) in [5, 5.41) is 0. The minimum Gasteiger partial charge on any atom is -0.310 e. The molecule has 0 N–H and O–H groups in total. The fraction of sp³-hybridized carbons (Fsp3) is 0.913. The van der Waals surface area contributed by atoms with Crippen molar-refractivity contribution >= 4 is 11.9 Å². The van der Waals surface area contributed by atoms with Gasteiger partial charge in [-0.2, -0.15) is 0 Å². The molecule has 2 aliphatic rings. The van der Waals surface area contributed by atoms with Crippen LogP contribution >= 0.6 is 0 Å². The van der Waals surface area contributed by atoms with Crippen molar-refractivity contribution in [3.63, 3.8) is 0 Å². The van der Waals surface area contributed by atoms with Crippen LogP contribution in [0.25, 0.3) is 0 Å². The number of urea groups is 1. The van der Waals surface area contributed by atoms with Crippen molar-refractivity contribution in [3.05, 3.63) is 0 Å². The Balaban J connectivity index is 1.54. The van der Waals surface area contributed by atoms with E-state index in [1.165, 1.54) is 69.1 Å². The summed E-state index contributed by atoms with van der Waals surface area (Å²) in [5.41, 5.74) is 0. The number of carbonyl (C=O) groups is 2. The van der Waals surface area contributed by atoms with Gasteiger partial charge in [-0.05, 0) is 20.3 Å². The number of unbranched alkanes of at least 4 members (excludes halogenated alkanes) is 11. The third-order valence-corrected chi connectivity index (χ3v) is 6.41. The fourth-order valence-electron chi connectivity index (χ4n) is 4.46. The highest BCUT2D eigenvalue weighted by molar-refractivity contribution is 6.04. The van der Waals surface area contributed by atoms with E-state index in [0.29, 0.717) is 25.7 Å². The summed E-state index contributed by atoms with van der Waals surface area (Å²) in [6.45, 7) is 9.42. The van der Waals surface area contributed by atoms with Crippen molar-refractivity contribution in [2.24, 2.45) is 0 Å². The Morgan fingerprint density at radius 2 is 1.36 bits per heavy atom. The quantitative estimate of drug-likeness (QED) is 0.307. The molecule has 2 fully saturated rings. The molecule has 2 rings (SSSR count). The monoisotopic (exact) mass is 393 g/mol. The van der Waals surface area contributed by atoms with Gasteiger partial charge in [0.2, 0.25) is 0 Å². The van der Waals surface area contributed by atoms with E-state index >= 15 is 0 Å². The fourth-order valence-corrected chi connectivity index (χ4v) is 4.46. The Bertz CT molecular complexity index is 480. The first-order valence-electron chi connectivity index (χ1n) is 11.9. The van der Waals surface area contributed by atoms with Gasteiger partial charge in [-0.1, -0.05) is 77.6 Å². The number of rotatable bonds is 14. The second-order valence-electron chi connectivity index (χ2n) is 8.96. The molecular weight excluding hydrogens is 350 g/mol. The van der Waals surface area contributed by atoms with Gasteiger partial charge < -0.3 is 4.90 Å². The predicted molar refractivity (Wildman–Crippen MR) is 115 cm³/mol. The zero-order valence-corrected chi connectivity index (χ0v) is 18.6. The van der Waals surface area contributed by atoms with E-state index in [4.69, 9.17) is 0 Å². The minimum atomic E-state index is -0.249. The van der Waals surface area contributed by atoms with E-state index in [2.05, 4.69) is 25.7 Å². The summed E-state index contributed by atoms with van der Waals surface area (Å²) >= 11 is 0. The van der Waals surface area contributed by atoms with Gasteiger partial charge in [0.1, 0.15) is 6.04 Å². The first-order valence-corrected chi connectivity index (χ1v) is 11.9. The maximum Gasteiger partial charge on any atom is 0.327 e. The van der Waals surface area contributed by atoms with Crippen LogP contribution in [-0.2, 0) is 4.79 Å². The second kappa shape index (κ2) is 12.5. The maximum atomic E-state index is 12.7. The topological polar surface area (TPSA) is 43.9 Å². The average Bonchev–Trinajstić information content (AvgIpc) is 2.93. The average molecular weight is 394 g/mol. The first-order chi connectivity index (χ1) is 13.6. The number of carbonyl (C=O) groups excluding carboxylic acids is 2. The highest BCUT2D eigenvalue weighted by atomic mass is 16.2. The van der Waals surface area contributed by atoms with Crippen LogP contribution in [0.2, 0.25) is 0 Å². The number of hydrogen-bond donors (Lipinski definition) is 0. The predicted octanol–water partition coefficient (Wildman–Crippen LogP) is 5.04. The van der Waals surface area contributed by atoms with Crippen molar-refractivity contribution in [1.82, 2.24) is 14.7 Å². The lowest BCUT2D eigenvalue weighted by molar-refractivity contribution is -0.129. The second-order valence-corrected chi connectivity index (χ2v) is 8.96. The molecule has 1 unspecified atom stereocenters. The Kier molecular flexibility index (Phi) is 10.3. The van der Waals surface area contributed by atoms with Crippen molar-refractivity contribution in [2.75, 3.05) is 26.2 Å². The molecule has 0 spiro atoms. The molecule has 28 heavy (non-hydrogen) atoms. The van der Waals surface area contributed by atoms with Crippen molar-refractivity contribution < 1.29 is 9.59 Å². The molecule has 0 aromatic carbocycles. The normalized spacial score (nSPS) is 20.5. The van der Waals surface area contributed by atoms with Crippen molar-refractivity contribution in [1.29, 1.82) is 0 Å². The zero-order valence-electron chi connectivity index (χ0n) is 18.6. The first kappa shape index (κ1) is 23.2. The van der Waals surface area contributed by atoms with E-state index in [1.54, 1.807) is 4.90 Å². The summed E-state index contributed by atoms with van der Waals surface area (Å²) in [5.74, 6) is 0.0263. The molecule has 5 nitrogen and oxygen atoms in total. The Hall–Kier alpha value is -1.10. The molecule has 0 saturated carbocycles. The van der Waals surface area contributed by atoms with Gasteiger partial charge in [0.25, 0.3) is 5.91 Å². The van der Waals surface area contributed by atoms with Crippen LogP contribution < -0.4 is 0 Å². The molecule has 162 valence electrons. The summed E-state index contributed by atoms with van der Waals surface area (Å²) in [6, 6.07) is 0.123. The highest BCUT2D eigenvalue weighted by Gasteiger charge is 2.47. The summed E-state index contributed by atoms with van der Waals surface area (Å²) in [4.78, 5) is 30.9. The van der Waals surface area contributed by atoms with Gasteiger partial charge in [-0.15, -0.1) is 0 Å². The third-order valence-electron chi connectivity index (χ3n) is 6.41. The van der Waals surface area contributed by atoms with E-state index in [-0.39, 0.29) is 18.0 Å². The van der Waals surface area contributed by atoms with E-state index in [9.17, 15) is 9.59 Å². The molecule has 0 aromatic heterocycles. The number of nitrogens with zero attached hydrogens (tertiary/aromatic N) is 3. The Labute approximate surface area is 172 Å². The molecule has 0 bridgehead atoms. The largest absolute Gasteiger partial charge is 0.327 e. The number of fused-ring (bicyclic) bond motifs is 1. The van der Waals surface area contributed by atoms with Gasteiger partial charge in [0, 0.05) is 32.2 Å².